The van der Waals surface area contributed by atoms with Crippen molar-refractivity contribution in [3.8, 4) is 11.8 Å². The number of anilines is 4. The molecule has 3 aromatic carbocycles. The van der Waals surface area contributed by atoms with Crippen LogP contribution in [-0.4, -0.2) is 100 Å². The number of urea groups is 1. The van der Waals surface area contributed by atoms with Crippen molar-refractivity contribution in [2.24, 2.45) is 5.73 Å². The summed E-state index contributed by atoms with van der Waals surface area (Å²) in [6.45, 7) is 3.58. The fourth-order valence-electron chi connectivity index (χ4n) is 8.92. The Bertz CT molecular complexity index is 2480. The number of nitrogens with two attached hydrogens (primary N) is 1. The maximum absolute atomic E-state index is 13.2. The summed E-state index contributed by atoms with van der Waals surface area (Å²) < 4.78 is 5.82. The van der Waals surface area contributed by atoms with Crippen LogP contribution in [0.1, 0.15) is 101 Å². The fraction of sp³-hybridized carbons (Fsp3) is 0.396. The van der Waals surface area contributed by atoms with Crippen molar-refractivity contribution in [2.75, 3.05) is 43.5 Å². The normalized spacial score (nSPS) is 19.8. The van der Waals surface area contributed by atoms with Crippen LogP contribution < -0.4 is 32.3 Å². The monoisotopic (exact) mass is 900 g/mol. The van der Waals surface area contributed by atoms with Gasteiger partial charge in [0.2, 0.25) is 17.8 Å². The molecule has 65 heavy (non-hydrogen) atoms. The summed E-state index contributed by atoms with van der Waals surface area (Å²) in [6, 6.07) is 20.5. The third-order valence-electron chi connectivity index (χ3n) is 12.5. The Balaban J connectivity index is 0.685. The van der Waals surface area contributed by atoms with Crippen molar-refractivity contribution in [1.29, 1.82) is 0 Å². The van der Waals surface area contributed by atoms with E-state index < -0.39 is 17.9 Å². The molecule has 6 amide bonds. The predicted octanol–water partition coefficient (Wildman–Crippen LogP) is 5.73. The number of nitrogens with one attached hydrogen (secondary N) is 5. The molecule has 4 aromatic rings. The van der Waals surface area contributed by atoms with Gasteiger partial charge in [0.05, 0.1) is 30.7 Å². The number of carbonyl (C=O) groups excluding carboxylic acids is 5. The highest BCUT2D eigenvalue weighted by molar-refractivity contribution is 6.33. The predicted molar refractivity (Wildman–Crippen MR) is 246 cm³/mol. The SMILES string of the molecule is NC(=O)c1ccccc1Nc1nc(Nc2ccc(C3CCN(C(=O)N[C@H]4CC[C@H](NCCOCCC#Cc5ccc6c(c5)CN(C5CCC(=O)NC5=O)C6=O)CC4)CC3)cc2)ncc1Cl. The summed E-state index contributed by atoms with van der Waals surface area (Å²) in [7, 11) is 0. The number of halogens is 1. The number of fused-ring (bicyclic) bond motifs is 1. The Morgan fingerprint density at radius 1 is 0.908 bits per heavy atom. The van der Waals surface area contributed by atoms with Crippen LogP contribution >= 0.6 is 11.6 Å². The zero-order chi connectivity index (χ0) is 45.3. The van der Waals surface area contributed by atoms with Crippen molar-refractivity contribution >= 4 is 64.4 Å². The van der Waals surface area contributed by atoms with Gasteiger partial charge < -0.3 is 41.5 Å². The third-order valence-corrected chi connectivity index (χ3v) is 12.7. The lowest BCUT2D eigenvalue weighted by Gasteiger charge is -2.35. The molecule has 0 bridgehead atoms. The van der Waals surface area contributed by atoms with Gasteiger partial charge in [0, 0.05) is 67.9 Å². The van der Waals surface area contributed by atoms with Crippen LogP contribution in [0.25, 0.3) is 0 Å². The van der Waals surface area contributed by atoms with E-state index in [4.69, 9.17) is 22.1 Å². The molecule has 2 saturated heterocycles. The Kier molecular flexibility index (Phi) is 14.5. The minimum absolute atomic E-state index is 0.0218. The zero-order valence-corrected chi connectivity index (χ0v) is 36.8. The molecule has 8 rings (SSSR count). The first-order valence-corrected chi connectivity index (χ1v) is 22.6. The van der Waals surface area contributed by atoms with Gasteiger partial charge in [-0.25, -0.2) is 9.78 Å². The number of hydrogen-bond acceptors (Lipinski definition) is 11. The molecule has 3 fully saturated rings. The highest BCUT2D eigenvalue weighted by Crippen LogP contribution is 2.32. The first-order chi connectivity index (χ1) is 31.6. The second-order valence-corrected chi connectivity index (χ2v) is 17.2. The average molecular weight is 901 g/mol. The van der Waals surface area contributed by atoms with Crippen molar-refractivity contribution in [2.45, 2.75) is 88.4 Å². The number of ether oxygens (including phenoxy) is 1. The van der Waals surface area contributed by atoms with Gasteiger partial charge in [0.1, 0.15) is 11.1 Å². The molecule has 1 aromatic heterocycles. The highest BCUT2D eigenvalue weighted by Gasteiger charge is 2.39. The molecule has 17 heteroatoms. The molecule has 1 atom stereocenters. The van der Waals surface area contributed by atoms with E-state index in [9.17, 15) is 24.0 Å². The molecule has 3 aliphatic heterocycles. The Hall–Kier alpha value is -6.54. The maximum Gasteiger partial charge on any atom is 0.317 e. The molecule has 16 nitrogen and oxygen atoms in total. The van der Waals surface area contributed by atoms with E-state index in [-0.39, 0.29) is 30.3 Å². The Labute approximate surface area is 382 Å². The van der Waals surface area contributed by atoms with Gasteiger partial charge in [-0.05, 0) is 104 Å². The van der Waals surface area contributed by atoms with Crippen molar-refractivity contribution in [3.05, 3.63) is 106 Å². The van der Waals surface area contributed by atoms with E-state index in [0.29, 0.717) is 91.3 Å². The molecule has 1 unspecified atom stereocenters. The minimum Gasteiger partial charge on any atom is -0.379 e. The highest BCUT2D eigenvalue weighted by atomic mass is 35.5. The number of imide groups is 1. The Morgan fingerprint density at radius 2 is 1.68 bits per heavy atom. The summed E-state index contributed by atoms with van der Waals surface area (Å²) in [4.78, 5) is 74.2. The van der Waals surface area contributed by atoms with E-state index in [1.807, 2.05) is 29.2 Å². The van der Waals surface area contributed by atoms with Gasteiger partial charge in [0.25, 0.3) is 11.8 Å². The molecular weight excluding hydrogens is 848 g/mol. The second-order valence-electron chi connectivity index (χ2n) is 16.8. The summed E-state index contributed by atoms with van der Waals surface area (Å²) in [6.07, 6.45) is 8.26. The van der Waals surface area contributed by atoms with Crippen molar-refractivity contribution in [1.82, 2.24) is 35.7 Å². The lowest BCUT2D eigenvalue weighted by atomic mass is 9.89. The molecule has 1 saturated carbocycles. The fourth-order valence-corrected chi connectivity index (χ4v) is 9.06. The lowest BCUT2D eigenvalue weighted by Crippen LogP contribution is -2.52. The number of carbonyl (C=O) groups is 5. The van der Waals surface area contributed by atoms with E-state index in [1.165, 1.54) is 16.7 Å². The first-order valence-electron chi connectivity index (χ1n) is 22.3. The number of aromatic nitrogens is 2. The molecular formula is C48H53ClN10O6. The van der Waals surface area contributed by atoms with Crippen molar-refractivity contribution in [3.63, 3.8) is 0 Å². The molecule has 4 aliphatic rings. The molecule has 338 valence electrons. The Morgan fingerprint density at radius 3 is 2.45 bits per heavy atom. The van der Waals surface area contributed by atoms with E-state index >= 15 is 0 Å². The number of primary amides is 1. The number of amides is 6. The van der Waals surface area contributed by atoms with Crippen LogP contribution in [0.3, 0.4) is 0 Å². The van der Waals surface area contributed by atoms with E-state index in [0.717, 1.165) is 61.9 Å². The first kappa shape index (κ1) is 45.0. The lowest BCUT2D eigenvalue weighted by molar-refractivity contribution is -0.136. The van der Waals surface area contributed by atoms with Crippen LogP contribution in [0.4, 0.5) is 27.9 Å². The minimum atomic E-state index is -0.634. The van der Waals surface area contributed by atoms with Crippen LogP contribution in [0.2, 0.25) is 5.02 Å². The topological polar surface area (TPSA) is 213 Å². The van der Waals surface area contributed by atoms with Crippen LogP contribution in [-0.2, 0) is 20.9 Å². The van der Waals surface area contributed by atoms with Gasteiger partial charge in [-0.2, -0.15) is 4.98 Å². The van der Waals surface area contributed by atoms with Gasteiger partial charge >= 0.3 is 6.03 Å². The zero-order valence-electron chi connectivity index (χ0n) is 36.0. The number of likely N-dealkylation sites (tertiary alicyclic amines) is 1. The summed E-state index contributed by atoms with van der Waals surface area (Å²) in [5.74, 6) is 5.86. The largest absolute Gasteiger partial charge is 0.379 e. The molecule has 7 N–H and O–H groups in total. The maximum atomic E-state index is 13.2. The molecule has 0 radical (unpaired) electrons. The van der Waals surface area contributed by atoms with Crippen LogP contribution in [0.5, 0.6) is 0 Å². The van der Waals surface area contributed by atoms with Gasteiger partial charge in [-0.1, -0.05) is 47.7 Å². The van der Waals surface area contributed by atoms with E-state index in [2.05, 4.69) is 60.5 Å². The number of para-hydroxylation sites is 1. The number of nitrogens with zero attached hydrogens (tertiary/aromatic N) is 4. The van der Waals surface area contributed by atoms with Gasteiger partial charge in [-0.3, -0.25) is 24.5 Å². The average Bonchev–Trinajstić information content (AvgIpc) is 3.63. The second kappa shape index (κ2) is 21.0. The number of benzene rings is 3. The van der Waals surface area contributed by atoms with Gasteiger partial charge in [0.15, 0.2) is 5.82 Å². The summed E-state index contributed by atoms with van der Waals surface area (Å²) in [5.41, 5.74) is 10.6. The standard InChI is InChI=1S/C48H53ClN10O6/c49-39-28-52-47(57-44(39)55-40-7-2-1-6-38(40)43(50)61)53-35-11-9-31(10-12-35)32-20-23-58(24-21-32)48(64)54-36-15-13-34(14-16-36)51-22-26-65-25-4-3-5-30-8-17-37-33(27-30)29-59(46(37)63)41-18-19-42(60)56-45(41)62/h1-2,6-12,17,27-28,32,34,36,41,51H,4,13-16,18-26,29H2,(H2,50,61)(H,54,64)(H,56,60,62)(H2,52,53,55,57)/t34-,36-,41?. The van der Waals surface area contributed by atoms with Crippen LogP contribution in [0, 0.1) is 11.8 Å². The van der Waals surface area contributed by atoms with E-state index in [1.54, 1.807) is 30.3 Å². The smallest absolute Gasteiger partial charge is 0.317 e. The summed E-state index contributed by atoms with van der Waals surface area (Å²) in [5, 5.41) is 15.8. The molecule has 1 aliphatic carbocycles. The molecule has 4 heterocycles. The number of hydrogen-bond donors (Lipinski definition) is 6. The number of rotatable bonds is 14. The quantitative estimate of drug-likeness (QED) is 0.0512. The van der Waals surface area contributed by atoms with Gasteiger partial charge in [-0.15, -0.1) is 0 Å². The van der Waals surface area contributed by atoms with Crippen LogP contribution in [0.15, 0.2) is 72.9 Å². The number of piperidine rings is 2. The molecule has 0 spiro atoms. The van der Waals surface area contributed by atoms with Crippen molar-refractivity contribution < 1.29 is 28.7 Å². The third kappa shape index (κ3) is 11.4. The summed E-state index contributed by atoms with van der Waals surface area (Å²) >= 11 is 6.36.